The summed E-state index contributed by atoms with van der Waals surface area (Å²) >= 11 is 0. The van der Waals surface area contributed by atoms with Crippen molar-refractivity contribution < 1.29 is 28.7 Å². The summed E-state index contributed by atoms with van der Waals surface area (Å²) in [5.74, 6) is -2.76. The number of Topliss-reactive ketones (excluding diaryl/α,β-unsaturated/α-hetero) is 1. The molecule has 1 saturated heterocycles. The van der Waals surface area contributed by atoms with Crippen molar-refractivity contribution in [3.63, 3.8) is 0 Å². The fraction of sp³-hybridized carbons (Fsp3) is 0.839. The van der Waals surface area contributed by atoms with Crippen LogP contribution in [0, 0.1) is 16.7 Å². The summed E-state index contributed by atoms with van der Waals surface area (Å²) in [6.07, 6.45) is 2.99. The maximum Gasteiger partial charge on any atom is 0.315 e. The van der Waals surface area contributed by atoms with Gasteiger partial charge in [0.15, 0.2) is 0 Å². The first-order chi connectivity index (χ1) is 19.1. The van der Waals surface area contributed by atoms with E-state index < -0.39 is 47.2 Å². The normalized spacial score (nSPS) is 18.9. The summed E-state index contributed by atoms with van der Waals surface area (Å²) in [5, 5.41) is 8.55. The minimum Gasteiger partial charge on any atom is -0.374 e. The van der Waals surface area contributed by atoms with Crippen LogP contribution < -0.4 is 21.7 Å². The molecule has 0 aliphatic carbocycles. The van der Waals surface area contributed by atoms with Crippen molar-refractivity contribution >= 4 is 29.5 Å². The second-order valence-corrected chi connectivity index (χ2v) is 14.9. The summed E-state index contributed by atoms with van der Waals surface area (Å²) in [5.41, 5.74) is 3.91. The minimum absolute atomic E-state index is 0.0867. The van der Waals surface area contributed by atoms with Crippen LogP contribution in [0.5, 0.6) is 0 Å². The molecule has 11 heteroatoms. The molecule has 11 nitrogen and oxygen atoms in total. The lowest BCUT2D eigenvalue weighted by molar-refractivity contribution is -0.143. The highest BCUT2D eigenvalue weighted by Crippen LogP contribution is 2.27. The lowest BCUT2D eigenvalue weighted by Gasteiger charge is -2.37. The van der Waals surface area contributed by atoms with Gasteiger partial charge in [-0.2, -0.15) is 0 Å². The molecule has 2 unspecified atom stereocenters. The number of primary amides is 1. The number of urea groups is 1. The number of nitrogens with one attached hydrogen (secondary N) is 3. The van der Waals surface area contributed by atoms with Crippen molar-refractivity contribution in [1.82, 2.24) is 20.9 Å². The van der Waals surface area contributed by atoms with Gasteiger partial charge in [0.05, 0.1) is 24.3 Å². The van der Waals surface area contributed by atoms with Crippen LogP contribution in [-0.2, 0) is 23.9 Å². The lowest BCUT2D eigenvalue weighted by atomic mass is 9.85. The molecule has 242 valence electrons. The Morgan fingerprint density at radius 1 is 0.929 bits per heavy atom. The molecule has 1 rings (SSSR count). The van der Waals surface area contributed by atoms with Crippen molar-refractivity contribution in [2.45, 2.75) is 138 Å². The molecule has 1 aliphatic heterocycles. The molecule has 1 fully saturated rings. The Balaban J connectivity index is 3.12. The van der Waals surface area contributed by atoms with Gasteiger partial charge in [0.25, 0.3) is 5.91 Å². The topological polar surface area (TPSA) is 160 Å². The van der Waals surface area contributed by atoms with E-state index in [0.717, 1.165) is 12.8 Å². The van der Waals surface area contributed by atoms with Crippen LogP contribution in [0.1, 0.15) is 108 Å². The molecule has 5 amide bonds. The third-order valence-corrected chi connectivity index (χ3v) is 7.56. The van der Waals surface area contributed by atoms with E-state index >= 15 is 0 Å². The fourth-order valence-electron chi connectivity index (χ4n) is 4.97. The van der Waals surface area contributed by atoms with Crippen LogP contribution in [0.3, 0.4) is 0 Å². The van der Waals surface area contributed by atoms with Crippen LogP contribution in [0.2, 0.25) is 0 Å². The van der Waals surface area contributed by atoms with Crippen LogP contribution in [0.4, 0.5) is 4.79 Å². The van der Waals surface area contributed by atoms with Crippen LogP contribution in [0.25, 0.3) is 0 Å². The fourth-order valence-corrected chi connectivity index (χ4v) is 4.97. The van der Waals surface area contributed by atoms with E-state index in [-0.39, 0.29) is 35.3 Å². The third-order valence-electron chi connectivity index (χ3n) is 7.56. The molecule has 0 aromatic rings. The zero-order valence-corrected chi connectivity index (χ0v) is 27.8. The summed E-state index contributed by atoms with van der Waals surface area (Å²) < 4.78 is 5.95. The second kappa shape index (κ2) is 15.2. The number of carbonyl (C=O) groups excluding carboxylic acids is 5. The first-order valence-corrected chi connectivity index (χ1v) is 15.2. The van der Waals surface area contributed by atoms with Gasteiger partial charge >= 0.3 is 6.03 Å². The summed E-state index contributed by atoms with van der Waals surface area (Å²) in [6, 6.07) is -3.64. The van der Waals surface area contributed by atoms with Gasteiger partial charge in [0, 0.05) is 6.54 Å². The van der Waals surface area contributed by atoms with Gasteiger partial charge in [-0.25, -0.2) is 4.79 Å². The Labute approximate surface area is 252 Å². The number of ketones is 1. The second-order valence-electron chi connectivity index (χ2n) is 14.9. The number of rotatable bonds is 13. The summed E-state index contributed by atoms with van der Waals surface area (Å²) in [7, 11) is 0. The van der Waals surface area contributed by atoms with E-state index in [1.54, 1.807) is 0 Å². The van der Waals surface area contributed by atoms with Crippen LogP contribution >= 0.6 is 0 Å². The Bertz CT molecular complexity index is 962. The lowest BCUT2D eigenvalue weighted by Crippen LogP contribution is -2.61. The largest absolute Gasteiger partial charge is 0.374 e. The van der Waals surface area contributed by atoms with E-state index in [9.17, 15) is 24.0 Å². The van der Waals surface area contributed by atoms with Gasteiger partial charge in [-0.1, -0.05) is 68.2 Å². The highest BCUT2D eigenvalue weighted by molar-refractivity contribution is 6.37. The Morgan fingerprint density at radius 3 is 2.00 bits per heavy atom. The van der Waals surface area contributed by atoms with Crippen molar-refractivity contribution in [2.75, 3.05) is 13.2 Å². The predicted molar refractivity (Wildman–Crippen MR) is 163 cm³/mol. The number of nitrogens with two attached hydrogens (primary N) is 1. The van der Waals surface area contributed by atoms with Gasteiger partial charge in [0.2, 0.25) is 17.6 Å². The molecule has 1 heterocycles. The highest BCUT2D eigenvalue weighted by atomic mass is 16.5. The number of hydrogen-bond donors (Lipinski definition) is 4. The Kier molecular flexibility index (Phi) is 13.5. The SMILES string of the molecule is CCCC(C)CC(NC(=O)[C@@H]1CCCN1C(=O)[C@@H](NC(=O)N[C@H](COC(C)(C)C)C(C)(C)C)C(C)(C)C)C(=O)C(N)=O. The molecule has 0 aromatic carbocycles. The number of amides is 5. The maximum atomic E-state index is 13.9. The van der Waals surface area contributed by atoms with Crippen molar-refractivity contribution in [1.29, 1.82) is 0 Å². The van der Waals surface area contributed by atoms with Crippen molar-refractivity contribution in [2.24, 2.45) is 22.5 Å². The maximum absolute atomic E-state index is 13.9. The van der Waals surface area contributed by atoms with Crippen molar-refractivity contribution in [3.05, 3.63) is 0 Å². The molecule has 0 aromatic heterocycles. The van der Waals surface area contributed by atoms with Gasteiger partial charge in [-0.05, 0) is 56.8 Å². The molecule has 0 radical (unpaired) electrons. The first-order valence-electron chi connectivity index (χ1n) is 15.2. The van der Waals surface area contributed by atoms with E-state index in [4.69, 9.17) is 10.5 Å². The molecular formula is C31H57N5O6. The zero-order chi connectivity index (χ0) is 32.6. The predicted octanol–water partition coefficient (Wildman–Crippen LogP) is 3.29. The molecular weight excluding hydrogens is 538 g/mol. The van der Waals surface area contributed by atoms with Gasteiger partial charge in [-0.15, -0.1) is 0 Å². The number of ether oxygens (including phenoxy) is 1. The average molecular weight is 596 g/mol. The summed E-state index contributed by atoms with van der Waals surface area (Å²) in [4.78, 5) is 66.3. The number of hydrogen-bond acceptors (Lipinski definition) is 6. The first kappa shape index (κ1) is 37.3. The molecule has 42 heavy (non-hydrogen) atoms. The monoisotopic (exact) mass is 595 g/mol. The van der Waals surface area contributed by atoms with E-state index in [1.807, 2.05) is 76.2 Å². The molecule has 0 saturated carbocycles. The number of nitrogens with zero attached hydrogens (tertiary/aromatic N) is 1. The molecule has 0 bridgehead atoms. The standard InChI is InChI=1S/C31H57N5O6/c1-12-14-19(2)17-20(23(37)25(32)38)33-26(39)21-15-13-16-36(21)27(40)24(30(6,7)8)35-28(41)34-22(29(3,4)5)18-42-31(9,10)11/h19-22,24H,12-18H2,1-11H3,(H2,32,38)(H,33,39)(H2,34,35,41)/t19?,20?,21-,22+,24+/m0/s1. The van der Waals surface area contributed by atoms with Gasteiger partial charge in [-0.3, -0.25) is 19.2 Å². The minimum atomic E-state index is -1.10. The van der Waals surface area contributed by atoms with Crippen LogP contribution in [0.15, 0.2) is 0 Å². The van der Waals surface area contributed by atoms with Gasteiger partial charge in [0.1, 0.15) is 12.1 Å². The molecule has 5 N–H and O–H groups in total. The average Bonchev–Trinajstić information content (AvgIpc) is 3.32. The Morgan fingerprint density at radius 2 is 1.52 bits per heavy atom. The van der Waals surface area contributed by atoms with E-state index in [2.05, 4.69) is 16.0 Å². The third kappa shape index (κ3) is 11.9. The Hall–Kier alpha value is -2.69. The number of likely N-dealkylation sites (tertiary alicyclic amines) is 1. The number of carbonyl (C=O) groups is 5. The smallest absolute Gasteiger partial charge is 0.315 e. The van der Waals surface area contributed by atoms with Gasteiger partial charge < -0.3 is 31.3 Å². The molecule has 5 atom stereocenters. The zero-order valence-electron chi connectivity index (χ0n) is 27.8. The summed E-state index contributed by atoms with van der Waals surface area (Å²) in [6.45, 7) is 22.0. The van der Waals surface area contributed by atoms with E-state index in [1.165, 1.54) is 4.90 Å². The van der Waals surface area contributed by atoms with E-state index in [0.29, 0.717) is 26.0 Å². The molecule has 0 spiro atoms. The quantitative estimate of drug-likeness (QED) is 0.239. The van der Waals surface area contributed by atoms with Crippen molar-refractivity contribution in [3.8, 4) is 0 Å². The molecule has 1 aliphatic rings. The highest BCUT2D eigenvalue weighted by Gasteiger charge is 2.43. The van der Waals surface area contributed by atoms with Crippen LogP contribution in [-0.4, -0.2) is 77.4 Å².